The molecule has 0 radical (unpaired) electrons. The summed E-state index contributed by atoms with van der Waals surface area (Å²) in [6.07, 6.45) is 7.78. The molecule has 2 rings (SSSR count). The van der Waals surface area contributed by atoms with Gasteiger partial charge in [-0.3, -0.25) is 4.79 Å². The molecule has 0 bridgehead atoms. The third-order valence-electron chi connectivity index (χ3n) is 4.21. The van der Waals surface area contributed by atoms with Crippen LogP contribution >= 0.6 is 0 Å². The van der Waals surface area contributed by atoms with Crippen LogP contribution in [0.1, 0.15) is 24.8 Å². The zero-order chi connectivity index (χ0) is 15.2. The van der Waals surface area contributed by atoms with Gasteiger partial charge in [0.25, 0.3) is 0 Å². The van der Waals surface area contributed by atoms with Crippen molar-refractivity contribution in [3.63, 3.8) is 0 Å². The van der Waals surface area contributed by atoms with Crippen LogP contribution in [0.5, 0.6) is 0 Å². The van der Waals surface area contributed by atoms with E-state index < -0.39 is 0 Å². The number of carbonyl (C=O) groups is 1. The first-order chi connectivity index (χ1) is 10.1. The molecular weight excluding hydrogens is 262 g/mol. The SMILES string of the molecule is C=CC(=O)N1CCC(CCc2ccnc(N(C)C)c2)CC1. The number of pyridine rings is 1. The molecule has 0 unspecified atom stereocenters. The molecule has 114 valence electrons. The molecule has 0 atom stereocenters. The third-order valence-corrected chi connectivity index (χ3v) is 4.21. The fourth-order valence-electron chi connectivity index (χ4n) is 2.80. The second-order valence-corrected chi connectivity index (χ2v) is 5.93. The average Bonchev–Trinajstić information content (AvgIpc) is 2.53. The number of likely N-dealkylation sites (tertiary alicyclic amines) is 1. The standard InChI is InChI=1S/C17H25N3O/c1-4-17(21)20-11-8-14(9-12-20)5-6-15-7-10-18-16(13-15)19(2)3/h4,7,10,13-14H,1,5-6,8-9,11-12H2,2-3H3. The second kappa shape index (κ2) is 7.25. The fourth-order valence-corrected chi connectivity index (χ4v) is 2.80. The van der Waals surface area contributed by atoms with Gasteiger partial charge in [0.2, 0.25) is 5.91 Å². The number of hydrogen-bond acceptors (Lipinski definition) is 3. The average molecular weight is 287 g/mol. The Labute approximate surface area is 127 Å². The molecule has 1 fully saturated rings. The van der Waals surface area contributed by atoms with E-state index in [0.717, 1.165) is 44.1 Å². The van der Waals surface area contributed by atoms with Crippen molar-refractivity contribution in [1.82, 2.24) is 9.88 Å². The first kappa shape index (κ1) is 15.5. The van der Waals surface area contributed by atoms with Crippen LogP contribution in [-0.2, 0) is 11.2 Å². The van der Waals surface area contributed by atoms with Crippen molar-refractivity contribution >= 4 is 11.7 Å². The van der Waals surface area contributed by atoms with E-state index in [0.29, 0.717) is 0 Å². The van der Waals surface area contributed by atoms with Gasteiger partial charge in [0.05, 0.1) is 0 Å². The first-order valence-electron chi connectivity index (χ1n) is 7.63. The zero-order valence-electron chi connectivity index (χ0n) is 13.1. The molecule has 1 aliphatic heterocycles. The second-order valence-electron chi connectivity index (χ2n) is 5.93. The minimum atomic E-state index is 0.0678. The van der Waals surface area contributed by atoms with Gasteiger partial charge < -0.3 is 9.80 Å². The van der Waals surface area contributed by atoms with Gasteiger partial charge in [0, 0.05) is 33.4 Å². The van der Waals surface area contributed by atoms with Crippen LogP contribution in [-0.4, -0.2) is 43.0 Å². The van der Waals surface area contributed by atoms with Gasteiger partial charge in [0.15, 0.2) is 0 Å². The predicted molar refractivity (Wildman–Crippen MR) is 86.4 cm³/mol. The smallest absolute Gasteiger partial charge is 0.245 e. The zero-order valence-corrected chi connectivity index (χ0v) is 13.1. The number of carbonyl (C=O) groups excluding carboxylic acids is 1. The summed E-state index contributed by atoms with van der Waals surface area (Å²) in [5.41, 5.74) is 1.35. The van der Waals surface area contributed by atoms with Crippen molar-refractivity contribution in [2.24, 2.45) is 5.92 Å². The molecule has 0 N–H and O–H groups in total. The molecule has 0 aromatic carbocycles. The summed E-state index contributed by atoms with van der Waals surface area (Å²) < 4.78 is 0. The lowest BCUT2D eigenvalue weighted by Crippen LogP contribution is -2.37. The molecule has 21 heavy (non-hydrogen) atoms. The predicted octanol–water partition coefficient (Wildman–Crippen LogP) is 2.50. The van der Waals surface area contributed by atoms with Crippen LogP contribution in [0.15, 0.2) is 31.0 Å². The highest BCUT2D eigenvalue weighted by Gasteiger charge is 2.21. The highest BCUT2D eigenvalue weighted by molar-refractivity contribution is 5.87. The quantitative estimate of drug-likeness (QED) is 0.781. The summed E-state index contributed by atoms with van der Waals surface area (Å²) in [6.45, 7) is 5.29. The van der Waals surface area contributed by atoms with Crippen molar-refractivity contribution in [1.29, 1.82) is 0 Å². The summed E-state index contributed by atoms with van der Waals surface area (Å²) in [6, 6.07) is 4.26. The molecular formula is C17H25N3O. The maximum atomic E-state index is 11.6. The number of rotatable bonds is 5. The monoisotopic (exact) mass is 287 g/mol. The van der Waals surface area contributed by atoms with Crippen LogP contribution < -0.4 is 4.90 Å². The molecule has 0 aliphatic carbocycles. The topological polar surface area (TPSA) is 36.4 Å². The summed E-state index contributed by atoms with van der Waals surface area (Å²) in [4.78, 5) is 19.8. The van der Waals surface area contributed by atoms with Gasteiger partial charge in [-0.1, -0.05) is 6.58 Å². The van der Waals surface area contributed by atoms with Crippen molar-refractivity contribution in [2.45, 2.75) is 25.7 Å². The molecule has 4 heteroatoms. The number of anilines is 1. The Bertz CT molecular complexity index is 491. The third kappa shape index (κ3) is 4.31. The Morgan fingerprint density at radius 3 is 2.81 bits per heavy atom. The molecule has 1 amide bonds. The lowest BCUT2D eigenvalue weighted by atomic mass is 9.90. The molecule has 0 saturated carbocycles. The van der Waals surface area contributed by atoms with Gasteiger partial charge in [0.1, 0.15) is 5.82 Å². The van der Waals surface area contributed by atoms with Gasteiger partial charge >= 0.3 is 0 Å². The molecule has 1 aliphatic rings. The van der Waals surface area contributed by atoms with Crippen LogP contribution in [0.25, 0.3) is 0 Å². The summed E-state index contributed by atoms with van der Waals surface area (Å²) in [5.74, 6) is 1.80. The number of aryl methyl sites for hydroxylation is 1. The minimum Gasteiger partial charge on any atom is -0.363 e. The lowest BCUT2D eigenvalue weighted by molar-refractivity contribution is -0.127. The van der Waals surface area contributed by atoms with Crippen molar-refractivity contribution in [3.05, 3.63) is 36.5 Å². The lowest BCUT2D eigenvalue weighted by Gasteiger charge is -2.31. The van der Waals surface area contributed by atoms with E-state index in [4.69, 9.17) is 0 Å². The van der Waals surface area contributed by atoms with E-state index >= 15 is 0 Å². The Balaban J connectivity index is 1.81. The van der Waals surface area contributed by atoms with Crippen LogP contribution in [0.3, 0.4) is 0 Å². The molecule has 1 saturated heterocycles. The summed E-state index contributed by atoms with van der Waals surface area (Å²) >= 11 is 0. The Hall–Kier alpha value is -1.84. The number of nitrogens with zero attached hydrogens (tertiary/aromatic N) is 3. The van der Waals surface area contributed by atoms with E-state index in [1.165, 1.54) is 18.1 Å². The summed E-state index contributed by atoms with van der Waals surface area (Å²) in [5, 5.41) is 0. The number of hydrogen-bond donors (Lipinski definition) is 0. The van der Waals surface area contributed by atoms with Crippen molar-refractivity contribution in [3.8, 4) is 0 Å². The summed E-state index contributed by atoms with van der Waals surface area (Å²) in [7, 11) is 4.02. The van der Waals surface area contributed by atoms with Gasteiger partial charge in [-0.2, -0.15) is 0 Å². The molecule has 1 aromatic heterocycles. The van der Waals surface area contributed by atoms with E-state index in [-0.39, 0.29) is 5.91 Å². The van der Waals surface area contributed by atoms with Crippen LogP contribution in [0, 0.1) is 5.92 Å². The van der Waals surface area contributed by atoms with Gasteiger partial charge in [-0.25, -0.2) is 4.98 Å². The highest BCUT2D eigenvalue weighted by atomic mass is 16.2. The number of aromatic nitrogens is 1. The van der Waals surface area contributed by atoms with Crippen LogP contribution in [0.4, 0.5) is 5.82 Å². The van der Waals surface area contributed by atoms with Crippen molar-refractivity contribution < 1.29 is 4.79 Å². The van der Waals surface area contributed by atoms with Gasteiger partial charge in [-0.15, -0.1) is 0 Å². The van der Waals surface area contributed by atoms with E-state index in [1.807, 2.05) is 30.1 Å². The molecule has 0 spiro atoms. The Kier molecular flexibility index (Phi) is 5.37. The Morgan fingerprint density at radius 1 is 1.48 bits per heavy atom. The molecule has 4 nitrogen and oxygen atoms in total. The number of amides is 1. The maximum absolute atomic E-state index is 11.6. The number of piperidine rings is 1. The fraction of sp³-hybridized carbons (Fsp3) is 0.529. The normalized spacial score (nSPS) is 15.8. The molecule has 2 heterocycles. The Morgan fingerprint density at radius 2 is 2.19 bits per heavy atom. The minimum absolute atomic E-state index is 0.0678. The maximum Gasteiger partial charge on any atom is 0.245 e. The highest BCUT2D eigenvalue weighted by Crippen LogP contribution is 2.23. The van der Waals surface area contributed by atoms with Crippen LogP contribution in [0.2, 0.25) is 0 Å². The van der Waals surface area contributed by atoms with E-state index in [9.17, 15) is 4.79 Å². The molecule has 1 aromatic rings. The van der Waals surface area contributed by atoms with Gasteiger partial charge in [-0.05, 0) is 55.4 Å². The van der Waals surface area contributed by atoms with Crippen molar-refractivity contribution in [2.75, 3.05) is 32.1 Å². The van der Waals surface area contributed by atoms with E-state index in [2.05, 4.69) is 23.7 Å². The van der Waals surface area contributed by atoms with E-state index in [1.54, 1.807) is 0 Å². The first-order valence-corrected chi connectivity index (χ1v) is 7.63. The largest absolute Gasteiger partial charge is 0.363 e.